The molecule has 0 saturated carbocycles. The first-order valence-corrected chi connectivity index (χ1v) is 10.9. The summed E-state index contributed by atoms with van der Waals surface area (Å²) in [5.41, 5.74) is 2.59. The summed E-state index contributed by atoms with van der Waals surface area (Å²) in [6.45, 7) is 1.97. The van der Waals surface area contributed by atoms with Crippen molar-refractivity contribution in [3.05, 3.63) is 99.8 Å². The van der Waals surface area contributed by atoms with Crippen molar-refractivity contribution in [1.82, 2.24) is 15.6 Å². The zero-order valence-electron chi connectivity index (χ0n) is 18.3. The van der Waals surface area contributed by atoms with Crippen molar-refractivity contribution in [3.8, 4) is 0 Å². The molecule has 0 saturated heterocycles. The molecule has 3 aromatic rings. The number of halogens is 4. The Morgan fingerprint density at radius 3 is 2.27 bits per heavy atom. The van der Waals surface area contributed by atoms with Gasteiger partial charge >= 0.3 is 6.18 Å². The van der Waals surface area contributed by atoms with Gasteiger partial charge in [-0.1, -0.05) is 59.6 Å². The van der Waals surface area contributed by atoms with Gasteiger partial charge in [0, 0.05) is 7.05 Å². The van der Waals surface area contributed by atoms with Crippen LogP contribution >= 0.6 is 11.6 Å². The molecule has 2 aromatic carbocycles. The Balaban J connectivity index is 1.85. The number of likely N-dealkylation sites (N-methyl/N-ethyl adjacent to an activating group) is 1. The van der Waals surface area contributed by atoms with Crippen molar-refractivity contribution in [2.45, 2.75) is 38.0 Å². The molecule has 0 aliphatic carbocycles. The number of carbonyl (C=O) groups is 1. The molecule has 1 heterocycles. The quantitative estimate of drug-likeness (QED) is 0.404. The van der Waals surface area contributed by atoms with Crippen molar-refractivity contribution in [1.29, 1.82) is 0 Å². The van der Waals surface area contributed by atoms with Gasteiger partial charge in [0.15, 0.2) is 0 Å². The number of amides is 1. The number of nitrogens with one attached hydrogen (secondary N) is 2. The number of benzene rings is 2. The van der Waals surface area contributed by atoms with Crippen LogP contribution in [0.25, 0.3) is 0 Å². The van der Waals surface area contributed by atoms with Crippen LogP contribution in [0.15, 0.2) is 66.7 Å². The predicted molar refractivity (Wildman–Crippen MR) is 123 cm³/mol. The molecular weight excluding hydrogens is 451 g/mol. The van der Waals surface area contributed by atoms with Crippen molar-refractivity contribution >= 4 is 17.5 Å². The topological polar surface area (TPSA) is 54.0 Å². The predicted octanol–water partition coefficient (Wildman–Crippen LogP) is 5.81. The molecule has 2 atom stereocenters. The van der Waals surface area contributed by atoms with E-state index in [4.69, 9.17) is 11.6 Å². The fourth-order valence-electron chi connectivity index (χ4n) is 3.53. The van der Waals surface area contributed by atoms with Gasteiger partial charge in [-0.15, -0.1) is 0 Å². The van der Waals surface area contributed by atoms with Gasteiger partial charge in [-0.05, 0) is 55.2 Å². The van der Waals surface area contributed by atoms with E-state index in [1.54, 1.807) is 19.2 Å². The van der Waals surface area contributed by atoms with Crippen LogP contribution in [-0.4, -0.2) is 17.9 Å². The van der Waals surface area contributed by atoms with Crippen LogP contribution in [0.5, 0.6) is 0 Å². The van der Waals surface area contributed by atoms with Gasteiger partial charge in [0.2, 0.25) is 5.91 Å². The second-order valence-electron chi connectivity index (χ2n) is 7.80. The molecule has 8 heteroatoms. The van der Waals surface area contributed by atoms with E-state index in [9.17, 15) is 18.0 Å². The van der Waals surface area contributed by atoms with Crippen molar-refractivity contribution in [2.75, 3.05) is 7.05 Å². The Labute approximate surface area is 196 Å². The smallest absolute Gasteiger partial charge is 0.358 e. The maximum Gasteiger partial charge on any atom is 0.416 e. The molecule has 174 valence electrons. The van der Waals surface area contributed by atoms with Gasteiger partial charge < -0.3 is 5.32 Å². The number of pyridine rings is 1. The van der Waals surface area contributed by atoms with E-state index < -0.39 is 17.8 Å². The first kappa shape index (κ1) is 24.7. The average Bonchev–Trinajstić information content (AvgIpc) is 2.79. The zero-order valence-corrected chi connectivity index (χ0v) is 19.0. The molecule has 4 nitrogen and oxygen atoms in total. The highest BCUT2D eigenvalue weighted by molar-refractivity contribution is 6.29. The Morgan fingerprint density at radius 1 is 1.03 bits per heavy atom. The minimum atomic E-state index is -4.37. The van der Waals surface area contributed by atoms with Crippen LogP contribution in [0.2, 0.25) is 5.15 Å². The first-order valence-electron chi connectivity index (χ1n) is 10.5. The Bertz CT molecular complexity index is 1070. The average molecular weight is 476 g/mol. The number of carbonyl (C=O) groups excluding carboxylic acids is 1. The highest BCUT2D eigenvalue weighted by atomic mass is 35.5. The first-order chi connectivity index (χ1) is 15.7. The molecule has 0 fully saturated rings. The standard InChI is InChI=1S/C25H25ClF3N3O/c1-16-6-11-18(12-7-16)23(24(33)30-2)32-21(20-4-3-5-22(26)31-20)15-10-17-8-13-19(14-9-17)25(27,28)29/h3-9,11-14,21,23,32H,10,15H2,1-2H3,(H,30,33)/t21-,23+/m1/s1. The second kappa shape index (κ2) is 10.8. The molecule has 2 N–H and O–H groups in total. The summed E-state index contributed by atoms with van der Waals surface area (Å²) in [7, 11) is 1.57. The van der Waals surface area contributed by atoms with E-state index in [0.717, 1.165) is 28.8 Å². The molecule has 0 aliphatic heterocycles. The Morgan fingerprint density at radius 2 is 1.70 bits per heavy atom. The van der Waals surface area contributed by atoms with Crippen LogP contribution in [0.1, 0.15) is 46.5 Å². The molecule has 3 rings (SSSR count). The lowest BCUT2D eigenvalue weighted by Gasteiger charge is -2.25. The lowest BCUT2D eigenvalue weighted by Crippen LogP contribution is -2.38. The minimum Gasteiger partial charge on any atom is -0.358 e. The zero-order chi connectivity index (χ0) is 24.0. The summed E-state index contributed by atoms with van der Waals surface area (Å²) >= 11 is 6.10. The SMILES string of the molecule is CNC(=O)[C@@H](N[C@H](CCc1ccc(C(F)(F)F)cc1)c1cccc(Cl)n1)c1ccc(C)cc1. The third-order valence-electron chi connectivity index (χ3n) is 5.38. The number of aromatic nitrogens is 1. The van der Waals surface area contributed by atoms with Gasteiger partial charge in [0.25, 0.3) is 0 Å². The highest BCUT2D eigenvalue weighted by Gasteiger charge is 2.30. The van der Waals surface area contributed by atoms with E-state index >= 15 is 0 Å². The molecule has 0 unspecified atom stereocenters. The lowest BCUT2D eigenvalue weighted by atomic mass is 9.98. The molecule has 1 aromatic heterocycles. The maximum absolute atomic E-state index is 12.9. The van der Waals surface area contributed by atoms with Gasteiger partial charge in [0.1, 0.15) is 11.2 Å². The van der Waals surface area contributed by atoms with E-state index in [0.29, 0.717) is 23.7 Å². The third kappa shape index (κ3) is 6.79. The highest BCUT2D eigenvalue weighted by Crippen LogP contribution is 2.30. The summed E-state index contributed by atoms with van der Waals surface area (Å²) in [6.07, 6.45) is -3.39. The summed E-state index contributed by atoms with van der Waals surface area (Å²) < 4.78 is 38.6. The van der Waals surface area contributed by atoms with Crippen LogP contribution in [0.3, 0.4) is 0 Å². The molecule has 1 amide bonds. The molecule has 33 heavy (non-hydrogen) atoms. The van der Waals surface area contributed by atoms with E-state index in [1.165, 1.54) is 12.1 Å². The van der Waals surface area contributed by atoms with Gasteiger partial charge in [-0.2, -0.15) is 13.2 Å². The molecule has 0 radical (unpaired) electrons. The van der Waals surface area contributed by atoms with E-state index in [1.807, 2.05) is 37.3 Å². The Kier molecular flexibility index (Phi) is 8.10. The number of alkyl halides is 3. The lowest BCUT2D eigenvalue weighted by molar-refractivity contribution is -0.137. The van der Waals surface area contributed by atoms with Crippen molar-refractivity contribution < 1.29 is 18.0 Å². The van der Waals surface area contributed by atoms with Crippen LogP contribution in [-0.2, 0) is 17.4 Å². The maximum atomic E-state index is 12.9. The molecule has 0 spiro atoms. The second-order valence-corrected chi connectivity index (χ2v) is 8.18. The molecule has 0 bridgehead atoms. The number of hydrogen-bond donors (Lipinski definition) is 2. The fraction of sp³-hybridized carbons (Fsp3) is 0.280. The fourth-order valence-corrected chi connectivity index (χ4v) is 3.70. The number of aryl methyl sites for hydroxylation is 2. The summed E-state index contributed by atoms with van der Waals surface area (Å²) in [5, 5.41) is 6.38. The normalized spacial score (nSPS) is 13.4. The minimum absolute atomic E-state index is 0.208. The van der Waals surface area contributed by atoms with Crippen molar-refractivity contribution in [3.63, 3.8) is 0 Å². The third-order valence-corrected chi connectivity index (χ3v) is 5.59. The number of rotatable bonds is 8. The van der Waals surface area contributed by atoms with Crippen molar-refractivity contribution in [2.24, 2.45) is 0 Å². The van der Waals surface area contributed by atoms with Crippen LogP contribution in [0, 0.1) is 6.92 Å². The monoisotopic (exact) mass is 475 g/mol. The van der Waals surface area contributed by atoms with Gasteiger partial charge in [0.05, 0.1) is 17.3 Å². The summed E-state index contributed by atoms with van der Waals surface area (Å²) in [4.78, 5) is 17.1. The molecule has 0 aliphatic rings. The van der Waals surface area contributed by atoms with Gasteiger partial charge in [-0.3, -0.25) is 10.1 Å². The van der Waals surface area contributed by atoms with Crippen LogP contribution < -0.4 is 10.6 Å². The molecular formula is C25H25ClF3N3O. The van der Waals surface area contributed by atoms with Crippen LogP contribution in [0.4, 0.5) is 13.2 Å². The van der Waals surface area contributed by atoms with E-state index in [-0.39, 0.29) is 11.9 Å². The van der Waals surface area contributed by atoms with E-state index in [2.05, 4.69) is 15.6 Å². The van der Waals surface area contributed by atoms with Gasteiger partial charge in [-0.25, -0.2) is 4.98 Å². The summed E-state index contributed by atoms with van der Waals surface area (Å²) in [6, 6.07) is 17.0. The number of nitrogens with zero attached hydrogens (tertiary/aromatic N) is 1. The number of hydrogen-bond acceptors (Lipinski definition) is 3. The largest absolute Gasteiger partial charge is 0.416 e. The summed E-state index contributed by atoms with van der Waals surface area (Å²) in [5.74, 6) is -0.208. The Hall–Kier alpha value is -2.90.